The second-order valence-electron chi connectivity index (χ2n) is 7.87. The first kappa shape index (κ1) is 20.9. The van der Waals surface area contributed by atoms with Gasteiger partial charge in [-0.25, -0.2) is 4.98 Å². The lowest BCUT2D eigenvalue weighted by Crippen LogP contribution is -2.26. The molecular formula is C27H29N3O. The summed E-state index contributed by atoms with van der Waals surface area (Å²) in [5.74, 6) is 1.18. The SMILES string of the molecule is O=C(Cc1ccccc1)NCCCc1nc2ccccc2n1CCCc1ccccc1. The van der Waals surface area contributed by atoms with Crippen molar-refractivity contribution in [1.29, 1.82) is 0 Å². The lowest BCUT2D eigenvalue weighted by Gasteiger charge is -2.10. The van der Waals surface area contributed by atoms with Gasteiger partial charge in [0.05, 0.1) is 17.5 Å². The van der Waals surface area contributed by atoms with Gasteiger partial charge in [0, 0.05) is 19.5 Å². The van der Waals surface area contributed by atoms with Crippen LogP contribution in [0.15, 0.2) is 84.9 Å². The van der Waals surface area contributed by atoms with Gasteiger partial charge in [0.1, 0.15) is 5.82 Å². The van der Waals surface area contributed by atoms with E-state index in [1.165, 1.54) is 11.1 Å². The van der Waals surface area contributed by atoms with E-state index in [9.17, 15) is 4.79 Å². The molecule has 0 fully saturated rings. The third-order valence-corrected chi connectivity index (χ3v) is 5.53. The molecular weight excluding hydrogens is 382 g/mol. The van der Waals surface area contributed by atoms with Gasteiger partial charge in [0.15, 0.2) is 0 Å². The minimum atomic E-state index is 0.0718. The van der Waals surface area contributed by atoms with E-state index in [0.29, 0.717) is 13.0 Å². The molecule has 4 aromatic rings. The summed E-state index contributed by atoms with van der Waals surface area (Å²) in [6, 6.07) is 28.8. The third-order valence-electron chi connectivity index (χ3n) is 5.53. The summed E-state index contributed by atoms with van der Waals surface area (Å²) >= 11 is 0. The fourth-order valence-electron chi connectivity index (χ4n) is 3.97. The molecule has 0 radical (unpaired) electrons. The molecule has 1 aromatic heterocycles. The Labute approximate surface area is 183 Å². The minimum Gasteiger partial charge on any atom is -0.356 e. The van der Waals surface area contributed by atoms with Crippen LogP contribution in [-0.4, -0.2) is 22.0 Å². The Morgan fingerprint density at radius 1 is 0.774 bits per heavy atom. The summed E-state index contributed by atoms with van der Waals surface area (Å²) in [6.45, 7) is 1.62. The molecule has 0 atom stereocenters. The Kier molecular flexibility index (Phi) is 7.12. The molecule has 0 aliphatic carbocycles. The van der Waals surface area contributed by atoms with Crippen molar-refractivity contribution in [3.05, 3.63) is 102 Å². The van der Waals surface area contributed by atoms with E-state index in [0.717, 1.165) is 49.1 Å². The third kappa shape index (κ3) is 5.82. The van der Waals surface area contributed by atoms with Crippen LogP contribution in [0.2, 0.25) is 0 Å². The predicted molar refractivity (Wildman–Crippen MR) is 126 cm³/mol. The highest BCUT2D eigenvalue weighted by Gasteiger charge is 2.10. The number of benzene rings is 3. The standard InChI is InChI=1S/C27H29N3O/c31-27(21-23-13-5-2-6-14-23)28-19-9-18-26-29-24-16-7-8-17-25(24)30(26)20-10-15-22-11-3-1-4-12-22/h1-8,11-14,16-17H,9-10,15,18-21H2,(H,28,31). The molecule has 0 unspecified atom stereocenters. The Morgan fingerprint density at radius 3 is 2.23 bits per heavy atom. The maximum Gasteiger partial charge on any atom is 0.224 e. The number of rotatable bonds is 10. The van der Waals surface area contributed by atoms with Crippen LogP contribution >= 0.6 is 0 Å². The Hall–Kier alpha value is -3.40. The number of imidazole rings is 1. The van der Waals surface area contributed by atoms with Crippen LogP contribution in [0.5, 0.6) is 0 Å². The van der Waals surface area contributed by atoms with Crippen LogP contribution < -0.4 is 5.32 Å². The summed E-state index contributed by atoms with van der Waals surface area (Å²) in [6.07, 6.45) is 4.29. The molecule has 1 heterocycles. The van der Waals surface area contributed by atoms with Crippen molar-refractivity contribution in [2.45, 2.75) is 38.6 Å². The van der Waals surface area contributed by atoms with Crippen molar-refractivity contribution in [3.8, 4) is 0 Å². The quantitative estimate of drug-likeness (QED) is 0.375. The summed E-state index contributed by atoms with van der Waals surface area (Å²) in [5.41, 5.74) is 4.65. The summed E-state index contributed by atoms with van der Waals surface area (Å²) in [4.78, 5) is 17.0. The molecule has 31 heavy (non-hydrogen) atoms. The van der Waals surface area contributed by atoms with Crippen molar-refractivity contribution in [3.63, 3.8) is 0 Å². The van der Waals surface area contributed by atoms with Crippen molar-refractivity contribution in [2.75, 3.05) is 6.54 Å². The molecule has 1 amide bonds. The fraction of sp³-hybridized carbons (Fsp3) is 0.259. The number of nitrogens with one attached hydrogen (secondary N) is 1. The number of aromatic nitrogens is 2. The van der Waals surface area contributed by atoms with E-state index in [1.54, 1.807) is 0 Å². The number of carbonyl (C=O) groups excluding carboxylic acids is 1. The molecule has 4 nitrogen and oxygen atoms in total. The first-order valence-electron chi connectivity index (χ1n) is 11.1. The molecule has 1 N–H and O–H groups in total. The summed E-state index contributed by atoms with van der Waals surface area (Å²) in [7, 11) is 0. The smallest absolute Gasteiger partial charge is 0.224 e. The number of hydrogen-bond acceptors (Lipinski definition) is 2. The highest BCUT2D eigenvalue weighted by Crippen LogP contribution is 2.18. The largest absolute Gasteiger partial charge is 0.356 e. The van der Waals surface area contributed by atoms with Crippen LogP contribution in [0.25, 0.3) is 11.0 Å². The Balaban J connectivity index is 1.32. The van der Waals surface area contributed by atoms with Crippen LogP contribution in [0, 0.1) is 0 Å². The molecule has 0 saturated carbocycles. The van der Waals surface area contributed by atoms with Gasteiger partial charge >= 0.3 is 0 Å². The lowest BCUT2D eigenvalue weighted by molar-refractivity contribution is -0.120. The molecule has 158 valence electrons. The number of aryl methyl sites for hydroxylation is 3. The molecule has 4 rings (SSSR count). The Bertz CT molecular complexity index is 1100. The number of carbonyl (C=O) groups is 1. The highest BCUT2D eigenvalue weighted by molar-refractivity contribution is 5.78. The number of hydrogen-bond donors (Lipinski definition) is 1. The first-order valence-corrected chi connectivity index (χ1v) is 11.1. The van der Waals surface area contributed by atoms with Crippen molar-refractivity contribution < 1.29 is 4.79 Å². The summed E-state index contributed by atoms with van der Waals surface area (Å²) in [5, 5.41) is 3.04. The second-order valence-corrected chi connectivity index (χ2v) is 7.87. The van der Waals surface area contributed by atoms with Gasteiger partial charge in [-0.3, -0.25) is 4.79 Å². The molecule has 4 heteroatoms. The van der Waals surface area contributed by atoms with Crippen LogP contribution in [0.4, 0.5) is 0 Å². The van der Waals surface area contributed by atoms with E-state index in [2.05, 4.69) is 58.4 Å². The number of fused-ring (bicyclic) bond motifs is 1. The van der Waals surface area contributed by atoms with Crippen LogP contribution in [0.1, 0.15) is 29.8 Å². The van der Waals surface area contributed by atoms with Crippen molar-refractivity contribution in [2.24, 2.45) is 0 Å². The number of amides is 1. The topological polar surface area (TPSA) is 46.9 Å². The molecule has 0 spiro atoms. The molecule has 0 aliphatic heterocycles. The molecule has 0 aliphatic rings. The molecule has 0 bridgehead atoms. The van der Waals surface area contributed by atoms with E-state index in [-0.39, 0.29) is 5.91 Å². The van der Waals surface area contributed by atoms with Gasteiger partial charge in [-0.1, -0.05) is 72.8 Å². The van der Waals surface area contributed by atoms with Gasteiger partial charge in [0.2, 0.25) is 5.91 Å². The number of para-hydroxylation sites is 2. The fourth-order valence-corrected chi connectivity index (χ4v) is 3.97. The zero-order chi connectivity index (χ0) is 21.3. The van der Waals surface area contributed by atoms with Gasteiger partial charge in [-0.15, -0.1) is 0 Å². The second kappa shape index (κ2) is 10.6. The summed E-state index contributed by atoms with van der Waals surface area (Å²) < 4.78 is 2.35. The maximum absolute atomic E-state index is 12.2. The average molecular weight is 412 g/mol. The predicted octanol–water partition coefficient (Wildman–Crippen LogP) is 4.96. The van der Waals surface area contributed by atoms with Gasteiger partial charge in [0.25, 0.3) is 0 Å². The van der Waals surface area contributed by atoms with E-state index >= 15 is 0 Å². The van der Waals surface area contributed by atoms with E-state index in [4.69, 9.17) is 4.98 Å². The van der Waals surface area contributed by atoms with Gasteiger partial charge in [-0.05, 0) is 42.5 Å². The van der Waals surface area contributed by atoms with Crippen molar-refractivity contribution >= 4 is 16.9 Å². The first-order chi connectivity index (χ1) is 15.3. The molecule has 0 saturated heterocycles. The van der Waals surface area contributed by atoms with Crippen LogP contribution in [-0.2, 0) is 30.6 Å². The molecule has 3 aromatic carbocycles. The van der Waals surface area contributed by atoms with Crippen molar-refractivity contribution in [1.82, 2.24) is 14.9 Å². The Morgan fingerprint density at radius 2 is 1.45 bits per heavy atom. The zero-order valence-electron chi connectivity index (χ0n) is 17.8. The van der Waals surface area contributed by atoms with Crippen LogP contribution in [0.3, 0.4) is 0 Å². The van der Waals surface area contributed by atoms with Gasteiger partial charge in [-0.2, -0.15) is 0 Å². The van der Waals surface area contributed by atoms with E-state index < -0.39 is 0 Å². The maximum atomic E-state index is 12.2. The number of nitrogens with zero attached hydrogens (tertiary/aromatic N) is 2. The minimum absolute atomic E-state index is 0.0718. The monoisotopic (exact) mass is 411 g/mol. The average Bonchev–Trinajstić information content (AvgIpc) is 3.16. The van der Waals surface area contributed by atoms with Gasteiger partial charge < -0.3 is 9.88 Å². The highest BCUT2D eigenvalue weighted by atomic mass is 16.1. The zero-order valence-corrected chi connectivity index (χ0v) is 17.8. The lowest BCUT2D eigenvalue weighted by atomic mass is 10.1. The normalized spacial score (nSPS) is 11.0. The van der Waals surface area contributed by atoms with E-state index in [1.807, 2.05) is 36.4 Å².